The second-order valence-electron chi connectivity index (χ2n) is 14.5. The molecule has 0 fully saturated rings. The molecule has 2 nitrogen and oxygen atoms in total. The summed E-state index contributed by atoms with van der Waals surface area (Å²) in [5, 5.41) is 0. The van der Waals surface area contributed by atoms with Crippen molar-refractivity contribution >= 4 is 5.97 Å². The Morgan fingerprint density at radius 2 is 1.49 bits per heavy atom. The van der Waals surface area contributed by atoms with Gasteiger partial charge in [-0.1, -0.05) is 133 Å². The molecule has 2 heteroatoms. The third kappa shape index (κ3) is 7.17. The highest BCUT2D eigenvalue weighted by Crippen LogP contribution is 2.50. The number of rotatable bonds is 12. The van der Waals surface area contributed by atoms with Gasteiger partial charge in [-0.3, -0.25) is 0 Å². The highest BCUT2D eigenvalue weighted by molar-refractivity contribution is 5.84. The zero-order valence-corrected chi connectivity index (χ0v) is 27.6. The largest absolute Gasteiger partial charge is 0.423 e. The Kier molecular flexibility index (Phi) is 10.4. The Labute approximate surface area is 241 Å². The summed E-state index contributed by atoms with van der Waals surface area (Å²) < 4.78 is 6.16. The fourth-order valence-electron chi connectivity index (χ4n) is 5.24. The molecule has 1 aromatic carbocycles. The van der Waals surface area contributed by atoms with Crippen LogP contribution in [0, 0.1) is 16.7 Å². The first-order valence-corrected chi connectivity index (χ1v) is 15.4. The Morgan fingerprint density at radius 3 is 1.97 bits per heavy atom. The number of allylic oxidation sites excluding steroid dienone is 4. The van der Waals surface area contributed by atoms with Gasteiger partial charge in [-0.05, 0) is 64.4 Å². The molecule has 0 aliphatic heterocycles. The van der Waals surface area contributed by atoms with Crippen LogP contribution in [-0.4, -0.2) is 5.97 Å². The van der Waals surface area contributed by atoms with Crippen LogP contribution < -0.4 is 4.74 Å². The lowest BCUT2D eigenvalue weighted by Gasteiger charge is -2.40. The second-order valence-corrected chi connectivity index (χ2v) is 14.5. The fourth-order valence-corrected chi connectivity index (χ4v) is 5.24. The molecule has 0 saturated heterocycles. The summed E-state index contributed by atoms with van der Waals surface area (Å²) in [7, 11) is 0. The van der Waals surface area contributed by atoms with E-state index in [-0.39, 0.29) is 27.6 Å². The number of carbonyl (C=O) groups excluding carboxylic acids is 1. The molecule has 0 aromatic heterocycles. The number of ether oxygens (including phenoxy) is 1. The summed E-state index contributed by atoms with van der Waals surface area (Å²) in [4.78, 5) is 12.7. The van der Waals surface area contributed by atoms with Gasteiger partial charge in [0.25, 0.3) is 0 Å². The fraction of sp³-hybridized carbons (Fsp3) is 0.649. The summed E-state index contributed by atoms with van der Waals surface area (Å²) in [6.45, 7) is 33.8. The van der Waals surface area contributed by atoms with Crippen LogP contribution in [0.4, 0.5) is 0 Å². The van der Waals surface area contributed by atoms with Gasteiger partial charge in [0.05, 0.1) is 0 Å². The second kappa shape index (κ2) is 12.2. The van der Waals surface area contributed by atoms with Crippen molar-refractivity contribution in [3.63, 3.8) is 0 Å². The molecule has 0 saturated carbocycles. The van der Waals surface area contributed by atoms with Crippen molar-refractivity contribution in [3.05, 3.63) is 64.8 Å². The summed E-state index contributed by atoms with van der Waals surface area (Å²) in [6.07, 6.45) is 11.5. The molecule has 1 aliphatic carbocycles. The minimum absolute atomic E-state index is 0.0109. The molecule has 2 atom stereocenters. The predicted octanol–water partition coefficient (Wildman–Crippen LogP) is 11.0. The monoisotopic (exact) mass is 534 g/mol. The first-order chi connectivity index (χ1) is 17.9. The smallest absolute Gasteiger partial charge is 0.335 e. The number of benzene rings is 1. The van der Waals surface area contributed by atoms with Gasteiger partial charge in [0, 0.05) is 23.1 Å². The van der Waals surface area contributed by atoms with Crippen molar-refractivity contribution in [3.8, 4) is 5.75 Å². The molecule has 0 bridgehead atoms. The molecule has 1 aromatic rings. The van der Waals surface area contributed by atoms with Gasteiger partial charge in [-0.15, -0.1) is 0 Å². The normalized spacial score (nSPS) is 17.8. The molecule has 2 unspecified atom stereocenters. The van der Waals surface area contributed by atoms with E-state index in [0.29, 0.717) is 5.92 Å². The van der Waals surface area contributed by atoms with Crippen molar-refractivity contribution < 1.29 is 9.53 Å². The Morgan fingerprint density at radius 1 is 0.923 bits per heavy atom. The molecule has 0 N–H and O–H groups in total. The summed E-state index contributed by atoms with van der Waals surface area (Å²) >= 11 is 0. The van der Waals surface area contributed by atoms with Crippen LogP contribution in [0.25, 0.3) is 0 Å². The average Bonchev–Trinajstić information content (AvgIpc) is 2.91. The SMILES string of the molecule is C=CC(=O)Oc1c(C(C)C2=CC(C(C)(C)CC)=CC(C(C)(C)CC)C2)cc(C(C)(C)CC)cc1C(C)(C)CC. The van der Waals surface area contributed by atoms with E-state index in [4.69, 9.17) is 4.74 Å². The van der Waals surface area contributed by atoms with Crippen LogP contribution >= 0.6 is 0 Å². The van der Waals surface area contributed by atoms with Crippen molar-refractivity contribution in [1.29, 1.82) is 0 Å². The van der Waals surface area contributed by atoms with Gasteiger partial charge >= 0.3 is 5.97 Å². The molecule has 39 heavy (non-hydrogen) atoms. The first kappa shape index (κ1) is 33.1. The van der Waals surface area contributed by atoms with Gasteiger partial charge in [0.15, 0.2) is 0 Å². The van der Waals surface area contributed by atoms with Crippen molar-refractivity contribution in [2.45, 2.75) is 139 Å². The highest BCUT2D eigenvalue weighted by atomic mass is 16.5. The molecule has 0 radical (unpaired) electrons. The summed E-state index contributed by atoms with van der Waals surface area (Å²) in [5.74, 6) is 0.914. The quantitative estimate of drug-likeness (QED) is 0.151. The summed E-state index contributed by atoms with van der Waals surface area (Å²) in [6, 6.07) is 4.64. The maximum absolute atomic E-state index is 12.7. The minimum atomic E-state index is -0.394. The van der Waals surface area contributed by atoms with Gasteiger partial charge in [-0.25, -0.2) is 4.79 Å². The maximum Gasteiger partial charge on any atom is 0.335 e. The topological polar surface area (TPSA) is 26.3 Å². The van der Waals surface area contributed by atoms with Crippen LogP contribution in [0.2, 0.25) is 0 Å². The van der Waals surface area contributed by atoms with Crippen molar-refractivity contribution in [2.75, 3.05) is 0 Å². The number of hydrogen-bond acceptors (Lipinski definition) is 2. The van der Waals surface area contributed by atoms with Gasteiger partial charge in [0.2, 0.25) is 0 Å². The van der Waals surface area contributed by atoms with Gasteiger partial charge in [0.1, 0.15) is 5.75 Å². The zero-order valence-electron chi connectivity index (χ0n) is 27.6. The number of esters is 1. The number of hydrogen-bond donors (Lipinski definition) is 0. The highest BCUT2D eigenvalue weighted by Gasteiger charge is 2.36. The lowest BCUT2D eigenvalue weighted by atomic mass is 9.65. The lowest BCUT2D eigenvalue weighted by molar-refractivity contribution is -0.129. The van der Waals surface area contributed by atoms with Crippen LogP contribution in [0.15, 0.2) is 48.1 Å². The minimum Gasteiger partial charge on any atom is -0.423 e. The first-order valence-electron chi connectivity index (χ1n) is 15.4. The van der Waals surface area contributed by atoms with E-state index in [9.17, 15) is 4.79 Å². The lowest BCUT2D eigenvalue weighted by Crippen LogP contribution is -2.28. The Balaban J connectivity index is 2.91. The van der Waals surface area contributed by atoms with Crippen LogP contribution in [0.5, 0.6) is 5.75 Å². The van der Waals surface area contributed by atoms with Crippen molar-refractivity contribution in [1.82, 2.24) is 0 Å². The van der Waals surface area contributed by atoms with E-state index < -0.39 is 5.97 Å². The molecule has 0 heterocycles. The van der Waals surface area contributed by atoms with Crippen LogP contribution in [0.1, 0.15) is 145 Å². The van der Waals surface area contributed by atoms with E-state index in [1.165, 1.54) is 22.8 Å². The third-order valence-electron chi connectivity index (χ3n) is 10.5. The van der Waals surface area contributed by atoms with E-state index in [1.54, 1.807) is 0 Å². The van der Waals surface area contributed by atoms with Crippen molar-refractivity contribution in [2.24, 2.45) is 16.7 Å². The van der Waals surface area contributed by atoms with Crippen LogP contribution in [-0.2, 0) is 15.6 Å². The van der Waals surface area contributed by atoms with E-state index in [1.807, 2.05) is 0 Å². The predicted molar refractivity (Wildman–Crippen MR) is 170 cm³/mol. The molecule has 0 amide bonds. The third-order valence-corrected chi connectivity index (χ3v) is 10.5. The standard InChI is InChI=1S/C37H58O2/c1-15-32(38)39-33-30(23-29(36(11,12)18-4)24-31(33)37(13,14)19-5)25(6)26-20-27(34(7,8)16-2)22-28(21-26)35(9,10)17-3/h15,20,22-25,28H,1,16-19,21H2,2-14H3. The number of carbonyl (C=O) groups is 1. The molecular weight excluding hydrogens is 476 g/mol. The van der Waals surface area contributed by atoms with Gasteiger partial charge < -0.3 is 4.74 Å². The molecule has 1 aliphatic rings. The van der Waals surface area contributed by atoms with E-state index in [2.05, 4.69) is 121 Å². The summed E-state index contributed by atoms with van der Waals surface area (Å²) in [5.41, 5.74) is 6.60. The maximum atomic E-state index is 12.7. The average molecular weight is 535 g/mol. The molecule has 0 spiro atoms. The molecular formula is C37H58O2. The molecule has 2 rings (SSSR count). The molecule has 218 valence electrons. The Hall–Kier alpha value is -2.09. The van der Waals surface area contributed by atoms with E-state index >= 15 is 0 Å². The Bertz CT molecular complexity index is 1110. The van der Waals surface area contributed by atoms with Gasteiger partial charge in [-0.2, -0.15) is 0 Å². The van der Waals surface area contributed by atoms with E-state index in [0.717, 1.165) is 49.0 Å². The zero-order chi connectivity index (χ0) is 30.0. The van der Waals surface area contributed by atoms with Crippen LogP contribution in [0.3, 0.4) is 0 Å².